The average Bonchev–Trinajstić information content (AvgIpc) is 2.83. The van der Waals surface area contributed by atoms with E-state index in [1.807, 2.05) is 0 Å². The number of anilines is 1. The molecule has 0 bridgehead atoms. The van der Waals surface area contributed by atoms with E-state index < -0.39 is 6.67 Å². The maximum atomic E-state index is 13.0. The molecule has 2 N–H and O–H groups in total. The van der Waals surface area contributed by atoms with E-state index in [0.29, 0.717) is 28.3 Å². The van der Waals surface area contributed by atoms with Crippen molar-refractivity contribution in [3.63, 3.8) is 0 Å². The lowest BCUT2D eigenvalue weighted by Gasteiger charge is -2.11. The van der Waals surface area contributed by atoms with Gasteiger partial charge in [-0.1, -0.05) is 5.16 Å². The van der Waals surface area contributed by atoms with Gasteiger partial charge in [0.05, 0.1) is 14.2 Å². The number of halogens is 1. The normalized spacial score (nSPS) is 10.4. The maximum Gasteiger partial charge on any atom is 0.222 e. The molecule has 0 aliphatic carbocycles. The van der Waals surface area contributed by atoms with Crippen LogP contribution in [0.5, 0.6) is 11.5 Å². The number of hydrogen-bond acceptors (Lipinski definition) is 5. The first-order valence-corrected chi connectivity index (χ1v) is 5.23. The van der Waals surface area contributed by atoms with Crippen molar-refractivity contribution in [3.05, 3.63) is 23.8 Å². The van der Waals surface area contributed by atoms with Crippen LogP contribution in [0.2, 0.25) is 0 Å². The monoisotopic (exact) mass is 252 g/mol. The van der Waals surface area contributed by atoms with Crippen molar-refractivity contribution in [1.29, 1.82) is 0 Å². The molecular formula is C12H13FN2O3. The summed E-state index contributed by atoms with van der Waals surface area (Å²) in [5.74, 6) is 1.13. The molecule has 1 aromatic carbocycles. The second kappa shape index (κ2) is 4.95. The molecule has 0 saturated heterocycles. The summed E-state index contributed by atoms with van der Waals surface area (Å²) in [6, 6.07) is 4.74. The number of methoxy groups -OCH3 is 2. The Morgan fingerprint density at radius 1 is 1.22 bits per heavy atom. The smallest absolute Gasteiger partial charge is 0.222 e. The van der Waals surface area contributed by atoms with Crippen molar-refractivity contribution in [3.8, 4) is 22.8 Å². The number of rotatable bonds is 4. The van der Waals surface area contributed by atoms with Gasteiger partial charge in [-0.2, -0.15) is 0 Å². The van der Waals surface area contributed by atoms with Crippen LogP contribution in [0.1, 0.15) is 5.56 Å². The number of nitrogens with zero attached hydrogens (tertiary/aromatic N) is 1. The number of ether oxygens (including phenoxy) is 2. The highest BCUT2D eigenvalue weighted by Gasteiger charge is 2.15. The lowest BCUT2D eigenvalue weighted by atomic mass is 10.0. The van der Waals surface area contributed by atoms with E-state index in [-0.39, 0.29) is 5.88 Å². The van der Waals surface area contributed by atoms with E-state index >= 15 is 0 Å². The van der Waals surface area contributed by atoms with Gasteiger partial charge >= 0.3 is 0 Å². The van der Waals surface area contributed by atoms with Crippen LogP contribution in [0.3, 0.4) is 0 Å². The number of benzene rings is 1. The Morgan fingerprint density at radius 3 is 2.39 bits per heavy atom. The van der Waals surface area contributed by atoms with Crippen LogP contribution in [0.15, 0.2) is 22.7 Å². The number of hydrogen-bond donors (Lipinski definition) is 1. The molecule has 0 saturated carbocycles. The predicted molar refractivity (Wildman–Crippen MR) is 64.3 cm³/mol. The Bertz CT molecular complexity index is 554. The molecule has 18 heavy (non-hydrogen) atoms. The van der Waals surface area contributed by atoms with Gasteiger partial charge in [-0.25, -0.2) is 4.39 Å². The van der Waals surface area contributed by atoms with E-state index in [1.165, 1.54) is 20.3 Å². The minimum absolute atomic E-state index is 0.171. The molecule has 6 heteroatoms. The highest BCUT2D eigenvalue weighted by atomic mass is 19.1. The Kier molecular flexibility index (Phi) is 3.36. The minimum atomic E-state index is -0.650. The molecule has 5 nitrogen and oxygen atoms in total. The second-order valence-corrected chi connectivity index (χ2v) is 3.61. The summed E-state index contributed by atoms with van der Waals surface area (Å²) in [5.41, 5.74) is 6.91. The van der Waals surface area contributed by atoms with Gasteiger partial charge in [-0.15, -0.1) is 0 Å². The zero-order chi connectivity index (χ0) is 13.1. The van der Waals surface area contributed by atoms with Gasteiger partial charge in [0.25, 0.3) is 0 Å². The van der Waals surface area contributed by atoms with Crippen LogP contribution in [0.4, 0.5) is 10.3 Å². The Hall–Kier alpha value is -2.24. The van der Waals surface area contributed by atoms with Crippen molar-refractivity contribution in [2.24, 2.45) is 0 Å². The summed E-state index contributed by atoms with van der Waals surface area (Å²) >= 11 is 0. The summed E-state index contributed by atoms with van der Waals surface area (Å²) in [7, 11) is 3.00. The third kappa shape index (κ3) is 2.09. The molecule has 0 aliphatic heterocycles. The van der Waals surface area contributed by atoms with Crippen molar-refractivity contribution in [1.82, 2.24) is 5.16 Å². The van der Waals surface area contributed by atoms with Crippen LogP contribution in [-0.2, 0) is 6.67 Å². The highest BCUT2D eigenvalue weighted by Crippen LogP contribution is 2.36. The first-order chi connectivity index (χ1) is 8.69. The standard InChI is InChI=1S/C12H13FN2O3/c1-16-10-3-7(6-13)8(4-11(10)17-2)9-5-12(14)18-15-9/h3-5H,6,14H2,1-2H3. The van der Waals surface area contributed by atoms with Crippen LogP contribution in [0, 0.1) is 0 Å². The molecule has 0 atom stereocenters. The van der Waals surface area contributed by atoms with E-state index in [1.54, 1.807) is 12.1 Å². The summed E-state index contributed by atoms with van der Waals surface area (Å²) in [5, 5.41) is 3.76. The molecule has 2 aromatic rings. The van der Waals surface area contributed by atoms with E-state index in [2.05, 4.69) is 5.16 Å². The van der Waals surface area contributed by atoms with Crippen molar-refractivity contribution in [2.45, 2.75) is 6.67 Å². The fourth-order valence-electron chi connectivity index (χ4n) is 1.69. The Labute approximate surface area is 103 Å². The largest absolute Gasteiger partial charge is 0.493 e. The highest BCUT2D eigenvalue weighted by molar-refractivity contribution is 5.69. The maximum absolute atomic E-state index is 13.0. The zero-order valence-electron chi connectivity index (χ0n) is 10.1. The van der Waals surface area contributed by atoms with Gasteiger partial charge in [0.15, 0.2) is 11.5 Å². The Morgan fingerprint density at radius 2 is 1.89 bits per heavy atom. The molecular weight excluding hydrogens is 239 g/mol. The van der Waals surface area contributed by atoms with Crippen molar-refractivity contribution in [2.75, 3.05) is 20.0 Å². The summed E-state index contributed by atoms with van der Waals surface area (Å²) < 4.78 is 28.1. The number of nitrogen functional groups attached to an aromatic ring is 1. The van der Waals surface area contributed by atoms with Gasteiger partial charge in [-0.3, -0.25) is 0 Å². The molecule has 2 rings (SSSR count). The Balaban J connectivity index is 2.58. The molecule has 0 amide bonds. The van der Waals surface area contributed by atoms with Crippen molar-refractivity contribution >= 4 is 5.88 Å². The van der Waals surface area contributed by atoms with Crippen LogP contribution < -0.4 is 15.2 Å². The van der Waals surface area contributed by atoms with Gasteiger partial charge in [0, 0.05) is 11.6 Å². The second-order valence-electron chi connectivity index (χ2n) is 3.61. The zero-order valence-corrected chi connectivity index (χ0v) is 10.1. The lowest BCUT2D eigenvalue weighted by molar-refractivity contribution is 0.353. The molecule has 1 heterocycles. The van der Waals surface area contributed by atoms with E-state index in [4.69, 9.17) is 19.7 Å². The van der Waals surface area contributed by atoms with E-state index in [9.17, 15) is 4.39 Å². The topological polar surface area (TPSA) is 70.5 Å². The van der Waals surface area contributed by atoms with E-state index in [0.717, 1.165) is 0 Å². The molecule has 0 spiro atoms. The minimum Gasteiger partial charge on any atom is -0.493 e. The van der Waals surface area contributed by atoms with Crippen LogP contribution >= 0.6 is 0 Å². The average molecular weight is 252 g/mol. The van der Waals surface area contributed by atoms with Gasteiger partial charge in [0.1, 0.15) is 12.4 Å². The van der Waals surface area contributed by atoms with Crippen LogP contribution in [-0.4, -0.2) is 19.4 Å². The van der Waals surface area contributed by atoms with Crippen molar-refractivity contribution < 1.29 is 18.4 Å². The first kappa shape index (κ1) is 12.2. The quantitative estimate of drug-likeness (QED) is 0.904. The summed E-state index contributed by atoms with van der Waals surface area (Å²) in [6.07, 6.45) is 0. The number of aromatic nitrogens is 1. The third-order valence-electron chi connectivity index (χ3n) is 2.56. The van der Waals surface area contributed by atoms with Crippen LogP contribution in [0.25, 0.3) is 11.3 Å². The third-order valence-corrected chi connectivity index (χ3v) is 2.56. The molecule has 96 valence electrons. The summed E-state index contributed by atoms with van der Waals surface area (Å²) in [4.78, 5) is 0. The molecule has 0 fully saturated rings. The summed E-state index contributed by atoms with van der Waals surface area (Å²) in [6.45, 7) is -0.650. The molecule has 0 unspecified atom stereocenters. The lowest BCUT2D eigenvalue weighted by Crippen LogP contribution is -1.95. The fourth-order valence-corrected chi connectivity index (χ4v) is 1.69. The molecule has 1 aromatic heterocycles. The first-order valence-electron chi connectivity index (χ1n) is 5.23. The SMILES string of the molecule is COc1cc(CF)c(-c2cc(N)on2)cc1OC. The fraction of sp³-hybridized carbons (Fsp3) is 0.250. The van der Waals surface area contributed by atoms with Gasteiger partial charge < -0.3 is 19.7 Å². The molecule has 0 aliphatic rings. The molecule has 0 radical (unpaired) electrons. The predicted octanol–water partition coefficient (Wildman–Crippen LogP) is 2.41. The van der Waals surface area contributed by atoms with Gasteiger partial charge in [0.2, 0.25) is 5.88 Å². The van der Waals surface area contributed by atoms with Gasteiger partial charge in [-0.05, 0) is 17.7 Å². The number of alkyl halides is 1. The number of nitrogens with two attached hydrogens (primary N) is 1.